The second-order valence-electron chi connectivity index (χ2n) is 6.29. The van der Waals surface area contributed by atoms with E-state index in [1.165, 1.54) is 22.9 Å². The number of rotatable bonds is 5. The van der Waals surface area contributed by atoms with Gasteiger partial charge in [-0.25, -0.2) is 22.2 Å². The highest BCUT2D eigenvalue weighted by Gasteiger charge is 2.35. The lowest BCUT2D eigenvalue weighted by atomic mass is 9.92. The molecule has 1 fully saturated rings. The van der Waals surface area contributed by atoms with Crippen molar-refractivity contribution in [2.24, 2.45) is 5.92 Å². The maximum Gasteiger partial charge on any atom is 0.285 e. The molecular weight excluding hydrogens is 359 g/mol. The molecule has 1 aliphatic rings. The lowest BCUT2D eigenvalue weighted by Gasteiger charge is -2.46. The SMILES string of the molecule is C=CS(=O)(=O)NC(=O)c1cc(N2C[C@H](C)[C@@H]2C)n(-c2ccc(F)cc2)n1. The van der Waals surface area contributed by atoms with E-state index in [9.17, 15) is 17.6 Å². The van der Waals surface area contributed by atoms with Crippen LogP contribution in [0.5, 0.6) is 0 Å². The summed E-state index contributed by atoms with van der Waals surface area (Å²) in [6, 6.07) is 7.44. The van der Waals surface area contributed by atoms with Crippen molar-refractivity contribution in [2.45, 2.75) is 19.9 Å². The number of carbonyl (C=O) groups is 1. The van der Waals surface area contributed by atoms with E-state index >= 15 is 0 Å². The highest BCUT2D eigenvalue weighted by atomic mass is 32.2. The second-order valence-corrected chi connectivity index (χ2v) is 7.92. The van der Waals surface area contributed by atoms with Gasteiger partial charge in [-0.2, -0.15) is 5.10 Å². The molecule has 1 aromatic carbocycles. The van der Waals surface area contributed by atoms with Crippen LogP contribution < -0.4 is 9.62 Å². The van der Waals surface area contributed by atoms with Crippen LogP contribution in [0, 0.1) is 11.7 Å². The van der Waals surface area contributed by atoms with Gasteiger partial charge in [-0.15, -0.1) is 0 Å². The van der Waals surface area contributed by atoms with E-state index < -0.39 is 15.9 Å². The summed E-state index contributed by atoms with van der Waals surface area (Å²) in [6.07, 6.45) is 0. The summed E-state index contributed by atoms with van der Waals surface area (Å²) >= 11 is 0. The first-order chi connectivity index (χ1) is 12.2. The minimum Gasteiger partial charge on any atom is -0.353 e. The Balaban J connectivity index is 2.01. The first-order valence-electron chi connectivity index (χ1n) is 8.04. The van der Waals surface area contributed by atoms with E-state index in [1.54, 1.807) is 12.1 Å². The van der Waals surface area contributed by atoms with Crippen LogP contribution in [-0.4, -0.2) is 36.7 Å². The van der Waals surface area contributed by atoms with Gasteiger partial charge >= 0.3 is 0 Å². The number of anilines is 1. The topological polar surface area (TPSA) is 84.3 Å². The number of amides is 1. The van der Waals surface area contributed by atoms with Gasteiger partial charge < -0.3 is 4.90 Å². The smallest absolute Gasteiger partial charge is 0.285 e. The molecule has 1 N–H and O–H groups in total. The van der Waals surface area contributed by atoms with Gasteiger partial charge in [-0.1, -0.05) is 13.5 Å². The Morgan fingerprint density at radius 1 is 1.35 bits per heavy atom. The van der Waals surface area contributed by atoms with Crippen molar-refractivity contribution in [1.82, 2.24) is 14.5 Å². The van der Waals surface area contributed by atoms with Crippen molar-refractivity contribution < 1.29 is 17.6 Å². The Kier molecular flexibility index (Phi) is 4.57. The van der Waals surface area contributed by atoms with Gasteiger partial charge in [0.25, 0.3) is 15.9 Å². The molecule has 2 aromatic rings. The third-order valence-electron chi connectivity index (χ3n) is 4.54. The molecule has 1 saturated heterocycles. The first-order valence-corrected chi connectivity index (χ1v) is 9.58. The van der Waals surface area contributed by atoms with E-state index in [1.807, 2.05) is 4.72 Å². The molecular formula is C17H19FN4O3S. The lowest BCUT2D eigenvalue weighted by Crippen LogP contribution is -2.54. The predicted octanol–water partition coefficient (Wildman–Crippen LogP) is 2.06. The van der Waals surface area contributed by atoms with Crippen molar-refractivity contribution in [3.8, 4) is 5.69 Å². The van der Waals surface area contributed by atoms with Crippen LogP contribution in [0.4, 0.5) is 10.2 Å². The molecule has 138 valence electrons. The number of nitrogens with zero attached hydrogens (tertiary/aromatic N) is 3. The molecule has 1 aromatic heterocycles. The number of carbonyl (C=O) groups excluding carboxylic acids is 1. The molecule has 0 spiro atoms. The Hall–Kier alpha value is -2.68. The summed E-state index contributed by atoms with van der Waals surface area (Å²) in [5.74, 6) is -0.120. The average molecular weight is 378 g/mol. The molecule has 0 aliphatic carbocycles. The fourth-order valence-electron chi connectivity index (χ4n) is 2.78. The Bertz CT molecular complexity index is 953. The van der Waals surface area contributed by atoms with E-state index in [-0.39, 0.29) is 17.6 Å². The average Bonchev–Trinajstić information content (AvgIpc) is 3.04. The van der Waals surface area contributed by atoms with Crippen molar-refractivity contribution in [1.29, 1.82) is 0 Å². The number of sulfonamides is 1. The van der Waals surface area contributed by atoms with Crippen LogP contribution in [0.2, 0.25) is 0 Å². The van der Waals surface area contributed by atoms with Crippen molar-refractivity contribution in [3.05, 3.63) is 53.8 Å². The number of hydrogen-bond donors (Lipinski definition) is 1. The van der Waals surface area contributed by atoms with Gasteiger partial charge in [0.1, 0.15) is 11.6 Å². The van der Waals surface area contributed by atoms with Gasteiger partial charge in [0.05, 0.1) is 5.69 Å². The van der Waals surface area contributed by atoms with Gasteiger partial charge in [-0.3, -0.25) is 4.79 Å². The predicted molar refractivity (Wildman–Crippen MR) is 96.1 cm³/mol. The molecule has 7 nitrogen and oxygen atoms in total. The monoisotopic (exact) mass is 378 g/mol. The minimum atomic E-state index is -3.92. The molecule has 26 heavy (non-hydrogen) atoms. The minimum absolute atomic E-state index is 0.0542. The van der Waals surface area contributed by atoms with Crippen LogP contribution in [0.1, 0.15) is 24.3 Å². The maximum atomic E-state index is 13.2. The number of halogens is 1. The third-order valence-corrected chi connectivity index (χ3v) is 5.45. The van der Waals surface area contributed by atoms with Crippen molar-refractivity contribution in [3.63, 3.8) is 0 Å². The fourth-order valence-corrected chi connectivity index (χ4v) is 3.23. The van der Waals surface area contributed by atoms with Gasteiger partial charge in [0.2, 0.25) is 0 Å². The second kappa shape index (κ2) is 6.56. The summed E-state index contributed by atoms with van der Waals surface area (Å²) in [6.45, 7) is 8.10. The van der Waals surface area contributed by atoms with E-state index in [2.05, 4.69) is 30.4 Å². The molecule has 1 aliphatic heterocycles. The quantitative estimate of drug-likeness (QED) is 0.861. The lowest BCUT2D eigenvalue weighted by molar-refractivity contribution is 0.0976. The van der Waals surface area contributed by atoms with Gasteiger partial charge in [-0.05, 0) is 37.1 Å². The first kappa shape index (κ1) is 18.1. The molecule has 3 rings (SSSR count). The Morgan fingerprint density at radius 3 is 2.54 bits per heavy atom. The Morgan fingerprint density at radius 2 is 2.00 bits per heavy atom. The third kappa shape index (κ3) is 3.34. The summed E-state index contributed by atoms with van der Waals surface area (Å²) in [7, 11) is -3.92. The zero-order valence-corrected chi connectivity index (χ0v) is 15.2. The number of nitrogens with one attached hydrogen (secondary N) is 1. The van der Waals surface area contributed by atoms with E-state index in [0.29, 0.717) is 22.8 Å². The van der Waals surface area contributed by atoms with Gasteiger partial charge in [0, 0.05) is 24.1 Å². The summed E-state index contributed by atoms with van der Waals surface area (Å²) < 4.78 is 39.7. The highest BCUT2D eigenvalue weighted by molar-refractivity contribution is 7.92. The normalized spacial score (nSPS) is 19.7. The maximum absolute atomic E-state index is 13.2. The number of benzene rings is 1. The van der Waals surface area contributed by atoms with Crippen LogP contribution in [0.15, 0.2) is 42.3 Å². The van der Waals surface area contributed by atoms with Crippen LogP contribution in [0.25, 0.3) is 5.69 Å². The molecule has 0 radical (unpaired) electrons. The van der Waals surface area contributed by atoms with E-state index in [0.717, 1.165) is 6.54 Å². The van der Waals surface area contributed by atoms with Gasteiger partial charge in [0.15, 0.2) is 5.69 Å². The zero-order chi connectivity index (χ0) is 19.1. The summed E-state index contributed by atoms with van der Waals surface area (Å²) in [5.41, 5.74) is 0.514. The molecule has 2 heterocycles. The van der Waals surface area contributed by atoms with Crippen LogP contribution >= 0.6 is 0 Å². The highest BCUT2D eigenvalue weighted by Crippen LogP contribution is 2.32. The van der Waals surface area contributed by atoms with E-state index in [4.69, 9.17) is 0 Å². The summed E-state index contributed by atoms with van der Waals surface area (Å²) in [4.78, 5) is 14.3. The standard InChI is InChI=1S/C17H19FN4O3S/c1-4-26(24,25)20-17(23)15-9-16(21-10-11(2)12(21)3)22(19-15)14-7-5-13(18)6-8-14/h4-9,11-12H,1,10H2,2-3H3,(H,20,23)/t11-,12-/m0/s1. The fraction of sp³-hybridized carbons (Fsp3) is 0.294. The number of aromatic nitrogens is 2. The molecule has 1 amide bonds. The van der Waals surface area contributed by atoms with Crippen molar-refractivity contribution in [2.75, 3.05) is 11.4 Å². The molecule has 2 atom stereocenters. The Labute approximate surface area is 151 Å². The molecule has 0 bridgehead atoms. The van der Waals surface area contributed by atoms with Crippen LogP contribution in [-0.2, 0) is 10.0 Å². The largest absolute Gasteiger partial charge is 0.353 e. The van der Waals surface area contributed by atoms with Crippen molar-refractivity contribution >= 4 is 21.7 Å². The molecule has 0 saturated carbocycles. The number of hydrogen-bond acceptors (Lipinski definition) is 5. The summed E-state index contributed by atoms with van der Waals surface area (Å²) in [5, 5.41) is 4.89. The molecule has 9 heteroatoms. The van der Waals surface area contributed by atoms with Crippen LogP contribution in [0.3, 0.4) is 0 Å². The zero-order valence-electron chi connectivity index (χ0n) is 14.4. The molecule has 0 unspecified atom stereocenters.